The Hall–Kier alpha value is -1.33. The standard InChI is InChI=1S/C14H15N3S2/c1-2-6-13-12(5-1)16-14(19-13)18-10-4-3-8-17-9-7-15-11-17/h1-2,5-7,9,11H,3-4,8,10H2. The van der Waals surface area contributed by atoms with Crippen molar-refractivity contribution in [3.8, 4) is 0 Å². The lowest BCUT2D eigenvalue weighted by molar-refractivity contribution is 0.634. The lowest BCUT2D eigenvalue weighted by Crippen LogP contribution is -1.94. The molecule has 0 unspecified atom stereocenters. The molecule has 0 fully saturated rings. The third-order valence-electron chi connectivity index (χ3n) is 2.87. The number of thiazole rings is 1. The Morgan fingerprint density at radius 3 is 3.00 bits per heavy atom. The largest absolute Gasteiger partial charge is 0.337 e. The molecule has 2 aromatic heterocycles. The molecule has 98 valence electrons. The molecule has 0 N–H and O–H groups in total. The summed E-state index contributed by atoms with van der Waals surface area (Å²) in [6.45, 7) is 1.06. The third-order valence-corrected chi connectivity index (χ3v) is 5.14. The molecule has 0 radical (unpaired) electrons. The number of fused-ring (bicyclic) bond motifs is 1. The van der Waals surface area contributed by atoms with E-state index in [4.69, 9.17) is 0 Å². The van der Waals surface area contributed by atoms with Crippen molar-refractivity contribution in [3.05, 3.63) is 43.0 Å². The van der Waals surface area contributed by atoms with E-state index >= 15 is 0 Å². The number of nitrogens with zero attached hydrogens (tertiary/aromatic N) is 3. The maximum atomic E-state index is 4.63. The van der Waals surface area contributed by atoms with Gasteiger partial charge in [0.25, 0.3) is 0 Å². The summed E-state index contributed by atoms with van der Waals surface area (Å²) in [4.78, 5) is 8.67. The first-order valence-electron chi connectivity index (χ1n) is 6.36. The highest BCUT2D eigenvalue weighted by Gasteiger charge is 2.03. The SMILES string of the molecule is c1ccc2sc(SCCCCn3ccnc3)nc2c1. The van der Waals surface area contributed by atoms with E-state index in [1.54, 1.807) is 11.3 Å². The second-order valence-electron chi connectivity index (χ2n) is 4.30. The van der Waals surface area contributed by atoms with Gasteiger partial charge < -0.3 is 4.57 Å². The molecule has 3 nitrogen and oxygen atoms in total. The number of aryl methyl sites for hydroxylation is 1. The van der Waals surface area contributed by atoms with E-state index in [1.807, 2.05) is 36.5 Å². The topological polar surface area (TPSA) is 30.7 Å². The molecule has 0 aliphatic rings. The molecule has 19 heavy (non-hydrogen) atoms. The van der Waals surface area contributed by atoms with Gasteiger partial charge in [0.15, 0.2) is 4.34 Å². The van der Waals surface area contributed by atoms with Crippen molar-refractivity contribution in [2.45, 2.75) is 23.7 Å². The van der Waals surface area contributed by atoms with Crippen LogP contribution in [0.15, 0.2) is 47.3 Å². The minimum Gasteiger partial charge on any atom is -0.337 e. The summed E-state index contributed by atoms with van der Waals surface area (Å²) in [6, 6.07) is 8.33. The second kappa shape index (κ2) is 6.21. The molecule has 3 rings (SSSR count). The number of imidazole rings is 1. The van der Waals surface area contributed by atoms with Crippen LogP contribution in [0.2, 0.25) is 0 Å². The van der Waals surface area contributed by atoms with Gasteiger partial charge in [-0.1, -0.05) is 23.9 Å². The summed E-state index contributed by atoms with van der Waals surface area (Å²) < 4.78 is 4.59. The van der Waals surface area contributed by atoms with Crippen molar-refractivity contribution < 1.29 is 0 Å². The quantitative estimate of drug-likeness (QED) is 0.506. The molecule has 0 saturated carbocycles. The Labute approximate surface area is 120 Å². The van der Waals surface area contributed by atoms with Gasteiger partial charge in [0.1, 0.15) is 0 Å². The highest BCUT2D eigenvalue weighted by atomic mass is 32.2. The van der Waals surface area contributed by atoms with Gasteiger partial charge in [0, 0.05) is 24.7 Å². The van der Waals surface area contributed by atoms with Crippen LogP contribution in [0, 0.1) is 0 Å². The third kappa shape index (κ3) is 3.36. The number of hydrogen-bond donors (Lipinski definition) is 0. The van der Waals surface area contributed by atoms with Crippen LogP contribution in [-0.4, -0.2) is 20.3 Å². The molecule has 0 spiro atoms. The zero-order valence-electron chi connectivity index (χ0n) is 10.5. The maximum absolute atomic E-state index is 4.63. The van der Waals surface area contributed by atoms with Crippen LogP contribution < -0.4 is 0 Å². The highest BCUT2D eigenvalue weighted by Crippen LogP contribution is 2.29. The maximum Gasteiger partial charge on any atom is 0.151 e. The van der Waals surface area contributed by atoms with E-state index in [-0.39, 0.29) is 0 Å². The van der Waals surface area contributed by atoms with Crippen LogP contribution in [0.3, 0.4) is 0 Å². The molecule has 0 aliphatic heterocycles. The van der Waals surface area contributed by atoms with Crippen molar-refractivity contribution >= 4 is 33.3 Å². The first kappa shape index (κ1) is 12.7. The van der Waals surface area contributed by atoms with Crippen LogP contribution in [-0.2, 0) is 6.54 Å². The highest BCUT2D eigenvalue weighted by molar-refractivity contribution is 8.01. The fourth-order valence-corrected chi connectivity index (χ4v) is 4.03. The summed E-state index contributed by atoms with van der Waals surface area (Å²) >= 11 is 3.66. The van der Waals surface area contributed by atoms with Crippen LogP contribution >= 0.6 is 23.1 Å². The average Bonchev–Trinajstić information content (AvgIpc) is 3.06. The molecule has 0 aliphatic carbocycles. The van der Waals surface area contributed by atoms with Crippen molar-refractivity contribution in [3.63, 3.8) is 0 Å². The van der Waals surface area contributed by atoms with Gasteiger partial charge in [-0.05, 0) is 25.0 Å². The van der Waals surface area contributed by atoms with Crippen molar-refractivity contribution in [2.75, 3.05) is 5.75 Å². The minimum atomic E-state index is 1.06. The van der Waals surface area contributed by atoms with Crippen LogP contribution in [0.5, 0.6) is 0 Å². The Kier molecular flexibility index (Phi) is 4.15. The van der Waals surface area contributed by atoms with Gasteiger partial charge in [-0.3, -0.25) is 0 Å². The lowest BCUT2D eigenvalue weighted by atomic mass is 10.3. The smallest absolute Gasteiger partial charge is 0.151 e. The van der Waals surface area contributed by atoms with Crippen LogP contribution in [0.4, 0.5) is 0 Å². The van der Waals surface area contributed by atoms with E-state index < -0.39 is 0 Å². The normalized spacial score (nSPS) is 11.2. The summed E-state index contributed by atoms with van der Waals surface area (Å²) in [5, 5.41) is 0. The van der Waals surface area contributed by atoms with Gasteiger partial charge in [0.2, 0.25) is 0 Å². The fourth-order valence-electron chi connectivity index (χ4n) is 1.89. The molecular formula is C14H15N3S2. The fraction of sp³-hybridized carbons (Fsp3) is 0.286. The van der Waals surface area contributed by atoms with E-state index in [0.717, 1.165) is 17.8 Å². The summed E-state index contributed by atoms with van der Waals surface area (Å²) in [5.41, 5.74) is 1.12. The number of rotatable bonds is 6. The van der Waals surface area contributed by atoms with Crippen molar-refractivity contribution in [1.82, 2.24) is 14.5 Å². The number of aromatic nitrogens is 3. The van der Waals surface area contributed by atoms with Gasteiger partial charge in [-0.25, -0.2) is 9.97 Å². The first-order chi connectivity index (χ1) is 9.42. The van der Waals surface area contributed by atoms with Crippen LogP contribution in [0.1, 0.15) is 12.8 Å². The zero-order valence-corrected chi connectivity index (χ0v) is 12.2. The lowest BCUT2D eigenvalue weighted by Gasteiger charge is -2.00. The van der Waals surface area contributed by atoms with Gasteiger partial charge >= 0.3 is 0 Å². The molecule has 0 amide bonds. The predicted molar refractivity (Wildman–Crippen MR) is 81.8 cm³/mol. The molecule has 0 bridgehead atoms. The number of unbranched alkanes of at least 4 members (excludes halogenated alkanes) is 1. The summed E-state index contributed by atoms with van der Waals surface area (Å²) in [7, 11) is 0. The Morgan fingerprint density at radius 2 is 2.16 bits per heavy atom. The van der Waals surface area contributed by atoms with E-state index in [2.05, 4.69) is 32.7 Å². The predicted octanol–water partition coefficient (Wildman–Crippen LogP) is 4.07. The number of para-hydroxylation sites is 1. The number of hydrogen-bond acceptors (Lipinski definition) is 4. The van der Waals surface area contributed by atoms with Gasteiger partial charge in [-0.15, -0.1) is 11.3 Å². The number of benzene rings is 1. The molecule has 0 saturated heterocycles. The molecule has 3 aromatic rings. The van der Waals surface area contributed by atoms with Gasteiger partial charge in [0.05, 0.1) is 16.5 Å². The minimum absolute atomic E-state index is 1.06. The monoisotopic (exact) mass is 289 g/mol. The Morgan fingerprint density at radius 1 is 1.21 bits per heavy atom. The molecule has 1 aromatic carbocycles. The molecule has 2 heterocycles. The first-order valence-corrected chi connectivity index (χ1v) is 8.16. The Balaban J connectivity index is 1.44. The Bertz CT molecular complexity index is 598. The van der Waals surface area contributed by atoms with E-state index in [9.17, 15) is 0 Å². The number of thioether (sulfide) groups is 1. The van der Waals surface area contributed by atoms with E-state index in [1.165, 1.54) is 21.9 Å². The molecule has 0 atom stereocenters. The summed E-state index contributed by atoms with van der Waals surface area (Å²) in [6.07, 6.45) is 8.12. The molecular weight excluding hydrogens is 274 g/mol. The van der Waals surface area contributed by atoms with Crippen LogP contribution in [0.25, 0.3) is 10.2 Å². The van der Waals surface area contributed by atoms with Crippen molar-refractivity contribution in [1.29, 1.82) is 0 Å². The second-order valence-corrected chi connectivity index (χ2v) is 6.68. The van der Waals surface area contributed by atoms with Gasteiger partial charge in [-0.2, -0.15) is 0 Å². The summed E-state index contributed by atoms with van der Waals surface area (Å²) in [5.74, 6) is 1.13. The van der Waals surface area contributed by atoms with E-state index in [0.29, 0.717) is 0 Å². The molecule has 5 heteroatoms. The van der Waals surface area contributed by atoms with Crippen molar-refractivity contribution in [2.24, 2.45) is 0 Å². The zero-order chi connectivity index (χ0) is 12.9. The average molecular weight is 289 g/mol.